The SMILES string of the molecule is CC1CCC(CCNc2cc(Cl)nc3ncnn23)CC1. The topological polar surface area (TPSA) is 55.1 Å². The van der Waals surface area contributed by atoms with E-state index in [9.17, 15) is 0 Å². The first kappa shape index (κ1) is 13.6. The van der Waals surface area contributed by atoms with Gasteiger partial charge in [0.05, 0.1) is 0 Å². The average molecular weight is 294 g/mol. The van der Waals surface area contributed by atoms with E-state index >= 15 is 0 Å². The third kappa shape index (κ3) is 3.03. The smallest absolute Gasteiger partial charge is 0.255 e. The summed E-state index contributed by atoms with van der Waals surface area (Å²) < 4.78 is 1.69. The second-order valence-corrected chi connectivity index (χ2v) is 6.16. The van der Waals surface area contributed by atoms with Crippen LogP contribution in [0.4, 0.5) is 5.82 Å². The van der Waals surface area contributed by atoms with Gasteiger partial charge in [-0.1, -0.05) is 44.2 Å². The molecule has 2 heterocycles. The standard InChI is InChI=1S/C14H20ClN5/c1-10-2-4-11(5-3-10)6-7-16-13-8-12(15)19-14-17-9-18-20(13)14/h8-11,16H,2-7H2,1H3. The van der Waals surface area contributed by atoms with E-state index in [1.54, 1.807) is 10.6 Å². The minimum atomic E-state index is 0.444. The van der Waals surface area contributed by atoms with Gasteiger partial charge in [0.1, 0.15) is 17.3 Å². The van der Waals surface area contributed by atoms with Gasteiger partial charge in [0.25, 0.3) is 5.78 Å². The Labute approximate surface area is 123 Å². The Bertz CT molecular complexity index is 574. The van der Waals surface area contributed by atoms with Gasteiger partial charge < -0.3 is 5.32 Å². The summed E-state index contributed by atoms with van der Waals surface area (Å²) in [5.41, 5.74) is 0. The number of rotatable bonds is 4. The molecular weight excluding hydrogens is 274 g/mol. The van der Waals surface area contributed by atoms with Crippen molar-refractivity contribution in [2.75, 3.05) is 11.9 Å². The van der Waals surface area contributed by atoms with Crippen LogP contribution in [-0.2, 0) is 0 Å². The maximum Gasteiger partial charge on any atom is 0.255 e. The van der Waals surface area contributed by atoms with Crippen molar-refractivity contribution in [3.05, 3.63) is 17.5 Å². The molecule has 5 nitrogen and oxygen atoms in total. The van der Waals surface area contributed by atoms with E-state index in [0.717, 1.165) is 24.2 Å². The summed E-state index contributed by atoms with van der Waals surface area (Å²) in [6.45, 7) is 3.29. The zero-order valence-electron chi connectivity index (χ0n) is 11.7. The molecule has 1 fully saturated rings. The summed E-state index contributed by atoms with van der Waals surface area (Å²) in [7, 11) is 0. The highest BCUT2D eigenvalue weighted by molar-refractivity contribution is 6.29. The first-order chi connectivity index (χ1) is 9.72. The second kappa shape index (κ2) is 5.95. The first-order valence-corrected chi connectivity index (χ1v) is 7.70. The molecule has 2 aromatic heterocycles. The number of aromatic nitrogens is 4. The Morgan fingerprint density at radius 2 is 2.15 bits per heavy atom. The number of hydrogen-bond donors (Lipinski definition) is 1. The predicted molar refractivity (Wildman–Crippen MR) is 80.0 cm³/mol. The van der Waals surface area contributed by atoms with E-state index in [1.165, 1.54) is 38.4 Å². The normalized spacial score (nSPS) is 23.1. The third-order valence-electron chi connectivity index (χ3n) is 4.21. The highest BCUT2D eigenvalue weighted by Crippen LogP contribution is 2.30. The molecule has 0 atom stereocenters. The van der Waals surface area contributed by atoms with E-state index in [2.05, 4.69) is 27.3 Å². The van der Waals surface area contributed by atoms with E-state index < -0.39 is 0 Å². The van der Waals surface area contributed by atoms with Crippen molar-refractivity contribution < 1.29 is 0 Å². The number of nitrogens with one attached hydrogen (secondary N) is 1. The highest BCUT2D eigenvalue weighted by atomic mass is 35.5. The van der Waals surface area contributed by atoms with Crippen LogP contribution in [0.25, 0.3) is 5.78 Å². The lowest BCUT2D eigenvalue weighted by Gasteiger charge is -2.26. The molecule has 0 aliphatic heterocycles. The molecule has 20 heavy (non-hydrogen) atoms. The average Bonchev–Trinajstić information content (AvgIpc) is 2.89. The van der Waals surface area contributed by atoms with Crippen molar-refractivity contribution in [2.45, 2.75) is 39.0 Å². The number of hydrogen-bond acceptors (Lipinski definition) is 4. The number of nitrogens with zero attached hydrogens (tertiary/aromatic N) is 4. The molecular formula is C14H20ClN5. The first-order valence-electron chi connectivity index (χ1n) is 7.32. The van der Waals surface area contributed by atoms with Gasteiger partial charge in [-0.25, -0.2) is 0 Å². The Hall–Kier alpha value is -1.36. The maximum atomic E-state index is 5.99. The number of fused-ring (bicyclic) bond motifs is 1. The lowest BCUT2D eigenvalue weighted by atomic mass is 9.81. The number of halogens is 1. The fraction of sp³-hybridized carbons (Fsp3) is 0.643. The van der Waals surface area contributed by atoms with Crippen molar-refractivity contribution in [3.8, 4) is 0 Å². The molecule has 1 N–H and O–H groups in total. The summed E-state index contributed by atoms with van der Waals surface area (Å²) in [6.07, 6.45) is 8.16. The Kier molecular flexibility index (Phi) is 4.05. The van der Waals surface area contributed by atoms with Gasteiger partial charge in [-0.2, -0.15) is 19.6 Å². The van der Waals surface area contributed by atoms with Gasteiger partial charge in [0.2, 0.25) is 0 Å². The molecule has 1 aliphatic carbocycles. The van der Waals surface area contributed by atoms with Crippen LogP contribution >= 0.6 is 11.6 Å². The van der Waals surface area contributed by atoms with Crippen LogP contribution in [0.2, 0.25) is 5.15 Å². The quantitative estimate of drug-likeness (QED) is 0.878. The van der Waals surface area contributed by atoms with Gasteiger partial charge in [-0.3, -0.25) is 0 Å². The van der Waals surface area contributed by atoms with Crippen LogP contribution in [-0.4, -0.2) is 26.1 Å². The highest BCUT2D eigenvalue weighted by Gasteiger charge is 2.17. The molecule has 0 spiro atoms. The molecule has 0 saturated heterocycles. The minimum Gasteiger partial charge on any atom is -0.370 e. The molecule has 6 heteroatoms. The van der Waals surface area contributed by atoms with Gasteiger partial charge in [0.15, 0.2) is 0 Å². The molecule has 3 rings (SSSR count). The van der Waals surface area contributed by atoms with E-state index in [4.69, 9.17) is 11.6 Å². The zero-order valence-corrected chi connectivity index (χ0v) is 12.5. The fourth-order valence-electron chi connectivity index (χ4n) is 2.93. The van der Waals surface area contributed by atoms with Gasteiger partial charge >= 0.3 is 0 Å². The summed E-state index contributed by atoms with van der Waals surface area (Å²) in [5.74, 6) is 3.16. The molecule has 2 aromatic rings. The lowest BCUT2D eigenvalue weighted by molar-refractivity contribution is 0.282. The molecule has 0 amide bonds. The lowest BCUT2D eigenvalue weighted by Crippen LogP contribution is -2.16. The van der Waals surface area contributed by atoms with Crippen molar-refractivity contribution in [1.29, 1.82) is 0 Å². The molecule has 1 aliphatic rings. The van der Waals surface area contributed by atoms with Crippen molar-refractivity contribution in [2.24, 2.45) is 11.8 Å². The van der Waals surface area contributed by atoms with Crippen LogP contribution in [0.5, 0.6) is 0 Å². The van der Waals surface area contributed by atoms with Crippen LogP contribution in [0, 0.1) is 11.8 Å². The van der Waals surface area contributed by atoms with Crippen LogP contribution in [0.3, 0.4) is 0 Å². The van der Waals surface area contributed by atoms with Crippen molar-refractivity contribution in [1.82, 2.24) is 19.6 Å². The fourth-order valence-corrected chi connectivity index (χ4v) is 3.11. The Morgan fingerprint density at radius 3 is 2.95 bits per heavy atom. The van der Waals surface area contributed by atoms with Crippen molar-refractivity contribution >= 4 is 23.2 Å². The van der Waals surface area contributed by atoms with Gasteiger partial charge in [-0.05, 0) is 18.3 Å². The summed E-state index contributed by atoms with van der Waals surface area (Å²) in [4.78, 5) is 8.18. The van der Waals surface area contributed by atoms with E-state index in [-0.39, 0.29) is 0 Å². The third-order valence-corrected chi connectivity index (χ3v) is 4.41. The van der Waals surface area contributed by atoms with Crippen LogP contribution < -0.4 is 5.32 Å². The van der Waals surface area contributed by atoms with Crippen LogP contribution in [0.15, 0.2) is 12.4 Å². The van der Waals surface area contributed by atoms with Crippen LogP contribution in [0.1, 0.15) is 39.0 Å². The number of anilines is 1. The minimum absolute atomic E-state index is 0.444. The largest absolute Gasteiger partial charge is 0.370 e. The molecule has 108 valence electrons. The summed E-state index contributed by atoms with van der Waals surface area (Å²) >= 11 is 5.99. The van der Waals surface area contributed by atoms with E-state index in [0.29, 0.717) is 10.9 Å². The van der Waals surface area contributed by atoms with Gasteiger partial charge in [-0.15, -0.1) is 0 Å². The van der Waals surface area contributed by atoms with E-state index in [1.807, 2.05) is 0 Å². The second-order valence-electron chi connectivity index (χ2n) is 5.78. The molecule has 0 unspecified atom stereocenters. The summed E-state index contributed by atoms with van der Waals surface area (Å²) in [6, 6.07) is 1.80. The zero-order chi connectivity index (χ0) is 13.9. The summed E-state index contributed by atoms with van der Waals surface area (Å²) in [5, 5.41) is 8.01. The maximum absolute atomic E-state index is 5.99. The monoisotopic (exact) mass is 293 g/mol. The Morgan fingerprint density at radius 1 is 1.35 bits per heavy atom. The van der Waals surface area contributed by atoms with Crippen molar-refractivity contribution in [3.63, 3.8) is 0 Å². The predicted octanol–water partition coefficient (Wildman–Crippen LogP) is 3.41. The molecule has 0 radical (unpaired) electrons. The molecule has 0 aromatic carbocycles. The Balaban J connectivity index is 1.58. The van der Waals surface area contributed by atoms with Gasteiger partial charge in [0, 0.05) is 12.6 Å². The molecule has 0 bridgehead atoms. The molecule has 1 saturated carbocycles.